The highest BCUT2D eigenvalue weighted by Crippen LogP contribution is 2.42. The van der Waals surface area contributed by atoms with Crippen molar-refractivity contribution in [2.45, 2.75) is 20.8 Å². The van der Waals surface area contributed by atoms with Crippen molar-refractivity contribution in [3.8, 4) is 17.2 Å². The Labute approximate surface area is 99.6 Å². The lowest BCUT2D eigenvalue weighted by Gasteiger charge is -2.15. The molecule has 17 heavy (non-hydrogen) atoms. The van der Waals surface area contributed by atoms with E-state index in [9.17, 15) is 15.0 Å². The summed E-state index contributed by atoms with van der Waals surface area (Å²) in [5.74, 6) is -0.992. The summed E-state index contributed by atoms with van der Waals surface area (Å²) in [4.78, 5) is 11.7. The van der Waals surface area contributed by atoms with Gasteiger partial charge >= 0.3 is 5.97 Å². The molecule has 0 bridgehead atoms. The number of carbonyl (C=O) groups excluding carboxylic acids is 1. The van der Waals surface area contributed by atoms with Crippen LogP contribution in [0.4, 0.5) is 0 Å². The zero-order valence-electron chi connectivity index (χ0n) is 10.3. The van der Waals surface area contributed by atoms with E-state index in [1.807, 2.05) is 0 Å². The molecule has 1 rings (SSSR count). The number of rotatable bonds is 3. The quantitative estimate of drug-likeness (QED) is 0.623. The van der Waals surface area contributed by atoms with Gasteiger partial charge in [-0.15, -0.1) is 0 Å². The van der Waals surface area contributed by atoms with Crippen LogP contribution in [0.3, 0.4) is 0 Å². The first-order valence-corrected chi connectivity index (χ1v) is 5.21. The molecule has 0 aliphatic carbocycles. The van der Waals surface area contributed by atoms with Crippen molar-refractivity contribution in [3.63, 3.8) is 0 Å². The number of hydrogen-bond donors (Lipinski definition) is 2. The minimum atomic E-state index is -0.684. The highest BCUT2D eigenvalue weighted by Gasteiger charge is 2.25. The van der Waals surface area contributed by atoms with Crippen molar-refractivity contribution < 1.29 is 24.5 Å². The Morgan fingerprint density at radius 2 is 1.76 bits per heavy atom. The van der Waals surface area contributed by atoms with Crippen LogP contribution < -0.4 is 4.74 Å². The fourth-order valence-corrected chi connectivity index (χ4v) is 1.68. The van der Waals surface area contributed by atoms with E-state index in [0.29, 0.717) is 5.56 Å². The minimum absolute atomic E-state index is 0.0631. The molecule has 0 spiro atoms. The molecule has 2 N–H and O–H groups in total. The fraction of sp³-hybridized carbons (Fsp3) is 0.417. The van der Waals surface area contributed by atoms with E-state index in [4.69, 9.17) is 9.47 Å². The van der Waals surface area contributed by atoms with Gasteiger partial charge in [-0.05, 0) is 20.8 Å². The lowest BCUT2D eigenvalue weighted by molar-refractivity contribution is 0.0521. The fourth-order valence-electron chi connectivity index (χ4n) is 1.68. The molecule has 0 aromatic heterocycles. The first kappa shape index (κ1) is 13.2. The van der Waals surface area contributed by atoms with Gasteiger partial charge < -0.3 is 19.7 Å². The summed E-state index contributed by atoms with van der Waals surface area (Å²) < 4.78 is 9.78. The van der Waals surface area contributed by atoms with Gasteiger partial charge in [0.2, 0.25) is 0 Å². The Morgan fingerprint density at radius 1 is 1.18 bits per heavy atom. The summed E-state index contributed by atoms with van der Waals surface area (Å²) in [5.41, 5.74) is 0.599. The molecule has 0 saturated heterocycles. The second-order valence-corrected chi connectivity index (χ2v) is 3.58. The minimum Gasteiger partial charge on any atom is -0.507 e. The molecule has 0 radical (unpaired) electrons. The summed E-state index contributed by atoms with van der Waals surface area (Å²) in [7, 11) is 1.35. The van der Waals surface area contributed by atoms with Gasteiger partial charge in [-0.1, -0.05) is 0 Å². The predicted octanol–water partition coefficient (Wildman–Crippen LogP) is 1.90. The molecule has 0 fully saturated rings. The SMILES string of the molecule is CCOC(=O)c1c(C)c(O)c(C)c(OC)c1O. The van der Waals surface area contributed by atoms with E-state index in [1.54, 1.807) is 13.8 Å². The van der Waals surface area contributed by atoms with E-state index < -0.39 is 5.97 Å². The van der Waals surface area contributed by atoms with Crippen molar-refractivity contribution >= 4 is 5.97 Å². The molecule has 0 atom stereocenters. The monoisotopic (exact) mass is 240 g/mol. The Kier molecular flexibility index (Phi) is 3.83. The third-order valence-corrected chi connectivity index (χ3v) is 2.56. The molecule has 0 amide bonds. The van der Waals surface area contributed by atoms with Crippen LogP contribution in [-0.2, 0) is 4.74 Å². The Balaban J connectivity index is 3.50. The third-order valence-electron chi connectivity index (χ3n) is 2.56. The van der Waals surface area contributed by atoms with Crippen molar-refractivity contribution in [3.05, 3.63) is 16.7 Å². The molecule has 1 aromatic rings. The van der Waals surface area contributed by atoms with E-state index in [0.717, 1.165) is 0 Å². The molecule has 5 heteroatoms. The zero-order valence-corrected chi connectivity index (χ0v) is 10.3. The van der Waals surface area contributed by atoms with Gasteiger partial charge in [0.15, 0.2) is 11.5 Å². The lowest BCUT2D eigenvalue weighted by Crippen LogP contribution is -2.08. The normalized spacial score (nSPS) is 10.1. The first-order chi connectivity index (χ1) is 7.95. The Bertz CT molecular complexity index is 451. The second kappa shape index (κ2) is 4.95. The third kappa shape index (κ3) is 2.13. The first-order valence-electron chi connectivity index (χ1n) is 5.21. The molecular weight excluding hydrogens is 224 g/mol. The second-order valence-electron chi connectivity index (χ2n) is 3.58. The van der Waals surface area contributed by atoms with Gasteiger partial charge in [-0.25, -0.2) is 4.79 Å². The topological polar surface area (TPSA) is 76.0 Å². The van der Waals surface area contributed by atoms with Crippen LogP contribution in [0.5, 0.6) is 17.2 Å². The number of phenolic OH excluding ortho intramolecular Hbond substituents is 2. The van der Waals surface area contributed by atoms with Gasteiger partial charge in [-0.3, -0.25) is 0 Å². The van der Waals surface area contributed by atoms with Crippen molar-refractivity contribution in [2.24, 2.45) is 0 Å². The van der Waals surface area contributed by atoms with Crippen LogP contribution >= 0.6 is 0 Å². The smallest absolute Gasteiger partial charge is 0.342 e. The van der Waals surface area contributed by atoms with Crippen molar-refractivity contribution in [2.75, 3.05) is 13.7 Å². The van der Waals surface area contributed by atoms with Gasteiger partial charge in [-0.2, -0.15) is 0 Å². The molecule has 0 saturated carbocycles. The average molecular weight is 240 g/mol. The van der Waals surface area contributed by atoms with E-state index in [1.165, 1.54) is 14.0 Å². The molecular formula is C12H16O5. The van der Waals surface area contributed by atoms with Gasteiger partial charge in [0.05, 0.1) is 13.7 Å². The highest BCUT2D eigenvalue weighted by atomic mass is 16.5. The van der Waals surface area contributed by atoms with E-state index in [2.05, 4.69) is 0 Å². The van der Waals surface area contributed by atoms with E-state index >= 15 is 0 Å². The highest BCUT2D eigenvalue weighted by molar-refractivity contribution is 5.96. The van der Waals surface area contributed by atoms with Crippen LogP contribution in [0.15, 0.2) is 0 Å². The van der Waals surface area contributed by atoms with Gasteiger partial charge in [0.1, 0.15) is 11.3 Å². The number of benzene rings is 1. The predicted molar refractivity (Wildman–Crippen MR) is 61.8 cm³/mol. The summed E-state index contributed by atoms with van der Waals surface area (Å²) in [6, 6.07) is 0. The van der Waals surface area contributed by atoms with Crippen LogP contribution in [0.1, 0.15) is 28.4 Å². The van der Waals surface area contributed by atoms with E-state index in [-0.39, 0.29) is 35.0 Å². The summed E-state index contributed by atoms with van der Waals surface area (Å²) in [5, 5.41) is 19.8. The van der Waals surface area contributed by atoms with Crippen LogP contribution in [0, 0.1) is 13.8 Å². The maximum Gasteiger partial charge on any atom is 0.342 e. The standard InChI is InChI=1S/C12H16O5/c1-5-17-12(15)8-6(2)9(13)7(3)11(16-4)10(8)14/h13-14H,5H2,1-4H3. The molecule has 0 aliphatic heterocycles. The number of hydrogen-bond acceptors (Lipinski definition) is 5. The van der Waals surface area contributed by atoms with Gasteiger partial charge in [0, 0.05) is 11.1 Å². The Morgan fingerprint density at radius 3 is 2.24 bits per heavy atom. The van der Waals surface area contributed by atoms with Crippen molar-refractivity contribution in [1.82, 2.24) is 0 Å². The lowest BCUT2D eigenvalue weighted by atomic mass is 10.0. The Hall–Kier alpha value is -1.91. The van der Waals surface area contributed by atoms with Crippen molar-refractivity contribution in [1.29, 1.82) is 0 Å². The molecule has 0 aliphatic rings. The number of phenols is 2. The van der Waals surface area contributed by atoms with Gasteiger partial charge in [0.25, 0.3) is 0 Å². The van der Waals surface area contributed by atoms with Crippen LogP contribution in [0.2, 0.25) is 0 Å². The largest absolute Gasteiger partial charge is 0.507 e. The average Bonchev–Trinajstić information content (AvgIpc) is 2.27. The number of aromatic hydroxyl groups is 2. The summed E-state index contributed by atoms with van der Waals surface area (Å²) in [6.07, 6.45) is 0. The molecule has 0 heterocycles. The molecule has 94 valence electrons. The van der Waals surface area contributed by atoms with Crippen LogP contribution in [-0.4, -0.2) is 29.9 Å². The molecule has 0 unspecified atom stereocenters. The summed E-state index contributed by atoms with van der Waals surface area (Å²) >= 11 is 0. The molecule has 1 aromatic carbocycles. The summed E-state index contributed by atoms with van der Waals surface area (Å²) in [6.45, 7) is 4.98. The zero-order chi connectivity index (χ0) is 13.2. The maximum absolute atomic E-state index is 11.7. The number of ether oxygens (including phenoxy) is 2. The van der Waals surface area contributed by atoms with Crippen LogP contribution in [0.25, 0.3) is 0 Å². The number of carbonyl (C=O) groups is 1. The molecule has 5 nitrogen and oxygen atoms in total. The maximum atomic E-state index is 11.7. The number of esters is 1. The number of methoxy groups -OCH3 is 1.